The Morgan fingerprint density at radius 3 is 2.33 bits per heavy atom. The van der Waals surface area contributed by atoms with E-state index in [0.29, 0.717) is 12.8 Å². The minimum Gasteiger partial charge on any atom is -0.481 e. The molecule has 0 aliphatic heterocycles. The SMILES string of the molecule is C[C@]1(C(=O)O)CC[C@H](C=O)CC1. The maximum atomic E-state index is 10.8. The molecular weight excluding hydrogens is 156 g/mol. The van der Waals surface area contributed by atoms with Crippen LogP contribution in [-0.4, -0.2) is 17.4 Å². The fourth-order valence-electron chi connectivity index (χ4n) is 1.63. The van der Waals surface area contributed by atoms with Crippen LogP contribution in [0.2, 0.25) is 0 Å². The van der Waals surface area contributed by atoms with Crippen molar-refractivity contribution in [3.05, 3.63) is 0 Å². The van der Waals surface area contributed by atoms with Gasteiger partial charge in [-0.1, -0.05) is 0 Å². The highest BCUT2D eigenvalue weighted by atomic mass is 16.4. The van der Waals surface area contributed by atoms with Crippen LogP contribution >= 0.6 is 0 Å². The second-order valence-corrected chi connectivity index (χ2v) is 3.84. The van der Waals surface area contributed by atoms with Crippen LogP contribution in [0.4, 0.5) is 0 Å². The lowest BCUT2D eigenvalue weighted by atomic mass is 9.72. The highest BCUT2D eigenvalue weighted by Crippen LogP contribution is 2.37. The molecule has 0 saturated heterocycles. The third kappa shape index (κ3) is 1.65. The van der Waals surface area contributed by atoms with Crippen molar-refractivity contribution < 1.29 is 14.7 Å². The summed E-state index contributed by atoms with van der Waals surface area (Å²) >= 11 is 0. The molecule has 1 fully saturated rings. The van der Waals surface area contributed by atoms with Gasteiger partial charge in [0.2, 0.25) is 0 Å². The standard InChI is InChI=1S/C9H14O3/c1-9(8(11)12)4-2-7(6-10)3-5-9/h6-7H,2-5H2,1H3,(H,11,12)/t7-,9-. The lowest BCUT2D eigenvalue weighted by molar-refractivity contribution is -0.150. The Kier molecular flexibility index (Phi) is 2.50. The summed E-state index contributed by atoms with van der Waals surface area (Å²) in [5.41, 5.74) is -0.584. The predicted molar refractivity (Wildman–Crippen MR) is 43.8 cm³/mol. The van der Waals surface area contributed by atoms with E-state index >= 15 is 0 Å². The molecule has 0 amide bonds. The van der Waals surface area contributed by atoms with Crippen LogP contribution in [0, 0.1) is 11.3 Å². The number of carboxylic acids is 1. The Bertz CT molecular complexity index is 190. The summed E-state index contributed by atoms with van der Waals surface area (Å²) in [5, 5.41) is 8.87. The molecule has 0 bridgehead atoms. The third-order valence-corrected chi connectivity index (χ3v) is 2.84. The maximum Gasteiger partial charge on any atom is 0.309 e. The van der Waals surface area contributed by atoms with Gasteiger partial charge in [-0.2, -0.15) is 0 Å². The summed E-state index contributed by atoms with van der Waals surface area (Å²) in [5.74, 6) is -0.635. The topological polar surface area (TPSA) is 54.4 Å². The number of carboxylic acid groups (broad SMARTS) is 1. The molecule has 1 rings (SSSR count). The van der Waals surface area contributed by atoms with Crippen LogP contribution in [0.25, 0.3) is 0 Å². The van der Waals surface area contributed by atoms with E-state index in [4.69, 9.17) is 5.11 Å². The van der Waals surface area contributed by atoms with Crippen molar-refractivity contribution in [3.8, 4) is 0 Å². The lowest BCUT2D eigenvalue weighted by Crippen LogP contribution is -2.32. The summed E-state index contributed by atoms with van der Waals surface area (Å²) in [4.78, 5) is 21.2. The van der Waals surface area contributed by atoms with Crippen molar-refractivity contribution in [2.75, 3.05) is 0 Å². The smallest absolute Gasteiger partial charge is 0.309 e. The summed E-state index contributed by atoms with van der Waals surface area (Å²) in [6.07, 6.45) is 3.66. The molecule has 1 aliphatic rings. The second-order valence-electron chi connectivity index (χ2n) is 3.84. The maximum absolute atomic E-state index is 10.8. The van der Waals surface area contributed by atoms with Gasteiger partial charge < -0.3 is 9.90 Å². The molecule has 3 nitrogen and oxygen atoms in total. The van der Waals surface area contributed by atoms with Crippen molar-refractivity contribution in [1.82, 2.24) is 0 Å². The molecule has 0 aromatic carbocycles. The van der Waals surface area contributed by atoms with E-state index in [1.54, 1.807) is 6.92 Å². The molecule has 68 valence electrons. The van der Waals surface area contributed by atoms with Crippen LogP contribution in [0.1, 0.15) is 32.6 Å². The van der Waals surface area contributed by atoms with Gasteiger partial charge in [-0.25, -0.2) is 0 Å². The van der Waals surface area contributed by atoms with Gasteiger partial charge in [0.1, 0.15) is 6.29 Å². The zero-order valence-electron chi connectivity index (χ0n) is 7.25. The number of aldehydes is 1. The molecule has 0 heterocycles. The number of aliphatic carboxylic acids is 1. The summed E-state index contributed by atoms with van der Waals surface area (Å²) in [6.45, 7) is 1.76. The Labute approximate surface area is 71.8 Å². The van der Waals surface area contributed by atoms with E-state index in [9.17, 15) is 9.59 Å². The van der Waals surface area contributed by atoms with Crippen LogP contribution in [0.5, 0.6) is 0 Å². The van der Waals surface area contributed by atoms with Crippen LogP contribution in [0.3, 0.4) is 0 Å². The van der Waals surface area contributed by atoms with E-state index in [2.05, 4.69) is 0 Å². The first-order valence-electron chi connectivity index (χ1n) is 4.27. The monoisotopic (exact) mass is 170 g/mol. The van der Waals surface area contributed by atoms with Gasteiger partial charge >= 0.3 is 5.97 Å². The molecule has 1 N–H and O–H groups in total. The molecule has 0 spiro atoms. The van der Waals surface area contributed by atoms with Crippen LogP contribution in [-0.2, 0) is 9.59 Å². The summed E-state index contributed by atoms with van der Waals surface area (Å²) < 4.78 is 0. The highest BCUT2D eigenvalue weighted by molar-refractivity contribution is 5.74. The van der Waals surface area contributed by atoms with Gasteiger partial charge in [-0.15, -0.1) is 0 Å². The number of rotatable bonds is 2. The van der Waals surface area contributed by atoms with Gasteiger partial charge in [0.25, 0.3) is 0 Å². The van der Waals surface area contributed by atoms with Gasteiger partial charge in [0, 0.05) is 5.92 Å². The number of carbonyl (C=O) groups excluding carboxylic acids is 1. The molecule has 1 saturated carbocycles. The van der Waals surface area contributed by atoms with Gasteiger partial charge in [0.05, 0.1) is 5.41 Å². The Morgan fingerprint density at radius 2 is 2.00 bits per heavy atom. The number of hydrogen-bond donors (Lipinski definition) is 1. The zero-order valence-corrected chi connectivity index (χ0v) is 7.25. The largest absolute Gasteiger partial charge is 0.481 e. The second kappa shape index (κ2) is 3.25. The van der Waals surface area contributed by atoms with Crippen LogP contribution < -0.4 is 0 Å². The summed E-state index contributed by atoms with van der Waals surface area (Å²) in [6, 6.07) is 0. The molecule has 1 aliphatic carbocycles. The van der Waals surface area contributed by atoms with Crippen molar-refractivity contribution in [2.45, 2.75) is 32.6 Å². The van der Waals surface area contributed by atoms with Gasteiger partial charge in [-0.3, -0.25) is 4.79 Å². The quantitative estimate of drug-likeness (QED) is 0.638. The van der Waals surface area contributed by atoms with E-state index in [-0.39, 0.29) is 5.92 Å². The Hall–Kier alpha value is -0.860. The van der Waals surface area contributed by atoms with Crippen molar-refractivity contribution in [3.63, 3.8) is 0 Å². The van der Waals surface area contributed by atoms with E-state index < -0.39 is 11.4 Å². The highest BCUT2D eigenvalue weighted by Gasteiger charge is 2.37. The van der Waals surface area contributed by atoms with Gasteiger partial charge in [0.15, 0.2) is 0 Å². The van der Waals surface area contributed by atoms with Crippen molar-refractivity contribution in [2.24, 2.45) is 11.3 Å². The van der Waals surface area contributed by atoms with E-state index in [1.165, 1.54) is 0 Å². The van der Waals surface area contributed by atoms with Crippen LogP contribution in [0.15, 0.2) is 0 Å². The first-order chi connectivity index (χ1) is 5.58. The zero-order chi connectivity index (χ0) is 9.19. The van der Waals surface area contributed by atoms with Crippen molar-refractivity contribution >= 4 is 12.3 Å². The Balaban J connectivity index is 2.55. The first kappa shape index (κ1) is 9.23. The third-order valence-electron chi connectivity index (χ3n) is 2.84. The normalized spacial score (nSPS) is 35.9. The molecule has 3 heteroatoms. The molecule has 0 aromatic rings. The lowest BCUT2D eigenvalue weighted by Gasteiger charge is -2.31. The Morgan fingerprint density at radius 1 is 1.50 bits per heavy atom. The fourth-order valence-corrected chi connectivity index (χ4v) is 1.63. The first-order valence-corrected chi connectivity index (χ1v) is 4.27. The van der Waals surface area contributed by atoms with Gasteiger partial charge in [-0.05, 0) is 32.6 Å². The molecule has 0 unspecified atom stereocenters. The minimum absolute atomic E-state index is 0.0948. The molecular formula is C9H14O3. The summed E-state index contributed by atoms with van der Waals surface area (Å²) in [7, 11) is 0. The number of hydrogen-bond acceptors (Lipinski definition) is 2. The van der Waals surface area contributed by atoms with Crippen molar-refractivity contribution in [1.29, 1.82) is 0 Å². The molecule has 12 heavy (non-hydrogen) atoms. The minimum atomic E-state index is -0.730. The van der Waals surface area contributed by atoms with E-state index in [0.717, 1.165) is 19.1 Å². The molecule has 0 atom stereocenters. The average Bonchev–Trinajstić information content (AvgIpc) is 2.06. The average molecular weight is 170 g/mol. The molecule has 0 aromatic heterocycles. The molecule has 0 radical (unpaired) electrons. The van der Waals surface area contributed by atoms with E-state index in [1.807, 2.05) is 0 Å². The number of carbonyl (C=O) groups is 2. The fraction of sp³-hybridized carbons (Fsp3) is 0.778. The predicted octanol–water partition coefficient (Wildman–Crippen LogP) is 1.47.